The summed E-state index contributed by atoms with van der Waals surface area (Å²) in [6.07, 6.45) is 12.4. The first-order valence-electron chi connectivity index (χ1n) is 13.9. The summed E-state index contributed by atoms with van der Waals surface area (Å²) in [6, 6.07) is 16.8. The van der Waals surface area contributed by atoms with Gasteiger partial charge in [-0.05, 0) is 80.2 Å². The molecule has 0 unspecified atom stereocenters. The summed E-state index contributed by atoms with van der Waals surface area (Å²) >= 11 is 0. The highest BCUT2D eigenvalue weighted by Gasteiger charge is 2.23. The number of nitrogens with one attached hydrogen (secondary N) is 1. The zero-order valence-electron chi connectivity index (χ0n) is 22.0. The van der Waals surface area contributed by atoms with E-state index in [1.54, 1.807) is 0 Å². The summed E-state index contributed by atoms with van der Waals surface area (Å²) in [5.41, 5.74) is 4.77. The van der Waals surface area contributed by atoms with Gasteiger partial charge < -0.3 is 10.2 Å². The van der Waals surface area contributed by atoms with Gasteiger partial charge in [0.15, 0.2) is 5.78 Å². The van der Waals surface area contributed by atoms with Crippen molar-refractivity contribution in [1.29, 1.82) is 0 Å². The minimum Gasteiger partial charge on any atom is -0.353 e. The van der Waals surface area contributed by atoms with Crippen molar-refractivity contribution in [3.8, 4) is 0 Å². The van der Waals surface area contributed by atoms with Gasteiger partial charge in [-0.15, -0.1) is 0 Å². The van der Waals surface area contributed by atoms with Gasteiger partial charge in [-0.3, -0.25) is 9.59 Å². The van der Waals surface area contributed by atoms with E-state index in [0.29, 0.717) is 12.5 Å². The number of Topliss-reactive ketones (excluding diaryl/α,β-unsaturated/α-hetero) is 1. The number of amides is 1. The zero-order chi connectivity index (χ0) is 25.3. The summed E-state index contributed by atoms with van der Waals surface area (Å²) in [6.45, 7) is 7.28. The SMILES string of the molecule is CC(C)C(=O)c1ccc2c(c1)CCN(CC[C@H]1CC[C@H](NC(=O)CC=Cc3ccccc3)CC1)CC2. The lowest BCUT2D eigenvalue weighted by Crippen LogP contribution is -2.38. The Morgan fingerprint density at radius 1 is 0.972 bits per heavy atom. The predicted molar refractivity (Wildman–Crippen MR) is 148 cm³/mol. The van der Waals surface area contributed by atoms with Gasteiger partial charge in [0.05, 0.1) is 0 Å². The van der Waals surface area contributed by atoms with Crippen LogP contribution in [0.15, 0.2) is 54.6 Å². The molecule has 0 radical (unpaired) electrons. The Hall–Kier alpha value is -2.72. The smallest absolute Gasteiger partial charge is 0.224 e. The second-order valence-corrected chi connectivity index (χ2v) is 10.9. The van der Waals surface area contributed by atoms with E-state index >= 15 is 0 Å². The van der Waals surface area contributed by atoms with Gasteiger partial charge in [0, 0.05) is 37.0 Å². The Kier molecular flexibility index (Phi) is 9.52. The monoisotopic (exact) mass is 486 g/mol. The van der Waals surface area contributed by atoms with E-state index in [1.165, 1.54) is 30.4 Å². The van der Waals surface area contributed by atoms with E-state index in [2.05, 4.69) is 22.3 Å². The molecule has 0 saturated heterocycles. The third-order valence-corrected chi connectivity index (χ3v) is 7.89. The molecule has 2 aliphatic rings. The maximum absolute atomic E-state index is 12.4. The van der Waals surface area contributed by atoms with Crippen molar-refractivity contribution in [2.45, 2.75) is 71.3 Å². The number of fused-ring (bicyclic) bond motifs is 1. The van der Waals surface area contributed by atoms with Crippen LogP contribution in [-0.2, 0) is 17.6 Å². The summed E-state index contributed by atoms with van der Waals surface area (Å²) < 4.78 is 0. The van der Waals surface area contributed by atoms with Gasteiger partial charge in [0.25, 0.3) is 0 Å². The maximum Gasteiger partial charge on any atom is 0.224 e. The van der Waals surface area contributed by atoms with Crippen molar-refractivity contribution >= 4 is 17.8 Å². The summed E-state index contributed by atoms with van der Waals surface area (Å²) in [5.74, 6) is 1.18. The Balaban J connectivity index is 1.15. The largest absolute Gasteiger partial charge is 0.353 e. The van der Waals surface area contributed by atoms with Crippen LogP contribution in [0, 0.1) is 11.8 Å². The van der Waals surface area contributed by atoms with Gasteiger partial charge in [-0.2, -0.15) is 0 Å². The number of carbonyl (C=O) groups is 2. The molecule has 36 heavy (non-hydrogen) atoms. The molecule has 1 aliphatic carbocycles. The van der Waals surface area contributed by atoms with Crippen LogP contribution in [0.5, 0.6) is 0 Å². The van der Waals surface area contributed by atoms with Crippen molar-refractivity contribution in [3.63, 3.8) is 0 Å². The number of benzene rings is 2. The summed E-state index contributed by atoms with van der Waals surface area (Å²) in [7, 11) is 0. The van der Waals surface area contributed by atoms with Gasteiger partial charge in [-0.25, -0.2) is 0 Å². The van der Waals surface area contributed by atoms with Crippen LogP contribution in [0.1, 0.15) is 79.4 Å². The molecule has 1 saturated carbocycles. The average molecular weight is 487 g/mol. The first-order chi connectivity index (χ1) is 17.5. The normalized spacial score (nSPS) is 20.8. The Morgan fingerprint density at radius 2 is 1.69 bits per heavy atom. The van der Waals surface area contributed by atoms with Gasteiger partial charge in [-0.1, -0.05) is 68.5 Å². The standard InChI is InChI=1S/C32H42N2O2/c1-24(2)32(36)29-14-13-27-18-21-34(22-19-28(27)23-29)20-17-26-11-15-30(16-12-26)33-31(35)10-6-9-25-7-4-3-5-8-25/h3-9,13-14,23-24,26,30H,10-12,15-22H2,1-2H3,(H,33,35)/t26-,30-. The molecule has 1 fully saturated rings. The highest BCUT2D eigenvalue weighted by atomic mass is 16.1. The van der Waals surface area contributed by atoms with E-state index in [1.807, 2.05) is 62.4 Å². The van der Waals surface area contributed by atoms with Gasteiger partial charge >= 0.3 is 0 Å². The zero-order valence-corrected chi connectivity index (χ0v) is 22.0. The number of hydrogen-bond acceptors (Lipinski definition) is 3. The first-order valence-corrected chi connectivity index (χ1v) is 13.9. The van der Waals surface area contributed by atoms with E-state index in [4.69, 9.17) is 0 Å². The van der Waals surface area contributed by atoms with Crippen LogP contribution in [-0.4, -0.2) is 42.3 Å². The van der Waals surface area contributed by atoms with Crippen LogP contribution in [0.25, 0.3) is 6.08 Å². The number of carbonyl (C=O) groups excluding carboxylic acids is 2. The Labute approximate surface area is 217 Å². The first kappa shape index (κ1) is 26.3. The van der Waals surface area contributed by atoms with Crippen molar-refractivity contribution in [2.24, 2.45) is 11.8 Å². The van der Waals surface area contributed by atoms with Crippen LogP contribution in [0.4, 0.5) is 0 Å². The molecule has 1 aliphatic heterocycles. The van der Waals surface area contributed by atoms with E-state index < -0.39 is 0 Å². The van der Waals surface area contributed by atoms with E-state index in [0.717, 1.165) is 62.4 Å². The lowest BCUT2D eigenvalue weighted by atomic mass is 9.84. The predicted octanol–water partition coefficient (Wildman–Crippen LogP) is 6.09. The second-order valence-electron chi connectivity index (χ2n) is 10.9. The van der Waals surface area contributed by atoms with Crippen LogP contribution >= 0.6 is 0 Å². The van der Waals surface area contributed by atoms with Crippen molar-refractivity contribution in [3.05, 3.63) is 76.9 Å². The van der Waals surface area contributed by atoms with Crippen molar-refractivity contribution in [1.82, 2.24) is 10.2 Å². The Morgan fingerprint density at radius 3 is 2.42 bits per heavy atom. The van der Waals surface area contributed by atoms with Crippen LogP contribution in [0.3, 0.4) is 0 Å². The fraction of sp³-hybridized carbons (Fsp3) is 0.500. The molecular weight excluding hydrogens is 444 g/mol. The third-order valence-electron chi connectivity index (χ3n) is 7.89. The molecule has 0 bridgehead atoms. The molecule has 1 N–H and O–H groups in total. The topological polar surface area (TPSA) is 49.4 Å². The minimum absolute atomic E-state index is 0.0465. The number of hydrogen-bond donors (Lipinski definition) is 1. The average Bonchev–Trinajstić information content (AvgIpc) is 3.10. The van der Waals surface area contributed by atoms with Gasteiger partial charge in [0.1, 0.15) is 0 Å². The molecule has 2 aromatic carbocycles. The van der Waals surface area contributed by atoms with Crippen molar-refractivity contribution < 1.29 is 9.59 Å². The molecule has 0 atom stereocenters. The molecule has 1 heterocycles. The van der Waals surface area contributed by atoms with Crippen LogP contribution in [0.2, 0.25) is 0 Å². The number of nitrogens with zero attached hydrogens (tertiary/aromatic N) is 1. The van der Waals surface area contributed by atoms with E-state index in [9.17, 15) is 9.59 Å². The summed E-state index contributed by atoms with van der Waals surface area (Å²) in [5, 5.41) is 3.24. The number of ketones is 1. The molecule has 4 nitrogen and oxygen atoms in total. The molecule has 0 aromatic heterocycles. The molecule has 4 rings (SSSR count). The highest BCUT2D eigenvalue weighted by molar-refractivity contribution is 5.97. The van der Waals surface area contributed by atoms with Gasteiger partial charge in [0.2, 0.25) is 5.91 Å². The third kappa shape index (κ3) is 7.64. The highest BCUT2D eigenvalue weighted by Crippen LogP contribution is 2.28. The quantitative estimate of drug-likeness (QED) is 0.436. The molecule has 4 heteroatoms. The maximum atomic E-state index is 12.4. The van der Waals surface area contributed by atoms with Crippen molar-refractivity contribution in [2.75, 3.05) is 19.6 Å². The molecule has 1 amide bonds. The minimum atomic E-state index is 0.0465. The molecular formula is C32H42N2O2. The number of rotatable bonds is 9. The Bertz CT molecular complexity index is 1040. The van der Waals surface area contributed by atoms with Crippen LogP contribution < -0.4 is 5.32 Å². The molecule has 2 aromatic rings. The molecule has 0 spiro atoms. The molecule has 192 valence electrons. The second kappa shape index (κ2) is 13.0. The lowest BCUT2D eigenvalue weighted by molar-refractivity contribution is -0.121. The fourth-order valence-electron chi connectivity index (χ4n) is 5.60. The van der Waals surface area contributed by atoms with E-state index in [-0.39, 0.29) is 17.6 Å². The lowest BCUT2D eigenvalue weighted by Gasteiger charge is -2.30. The fourth-order valence-corrected chi connectivity index (χ4v) is 5.60. The summed E-state index contributed by atoms with van der Waals surface area (Å²) in [4.78, 5) is 27.4.